The second-order valence-corrected chi connectivity index (χ2v) is 7.35. The third-order valence-electron chi connectivity index (χ3n) is 5.07. The minimum absolute atomic E-state index is 0.00885. The lowest BCUT2D eigenvalue weighted by Crippen LogP contribution is -2.42. The molecule has 32 heavy (non-hydrogen) atoms. The van der Waals surface area contributed by atoms with Gasteiger partial charge in [-0.3, -0.25) is 4.79 Å². The van der Waals surface area contributed by atoms with Gasteiger partial charge in [-0.25, -0.2) is 13.6 Å². The zero-order valence-electron chi connectivity index (χ0n) is 16.8. The molecule has 3 aromatic rings. The van der Waals surface area contributed by atoms with Gasteiger partial charge < -0.3 is 19.3 Å². The molecular formula is C22H19F2N3O5. The van der Waals surface area contributed by atoms with Gasteiger partial charge >= 0.3 is 5.97 Å². The fourth-order valence-electron chi connectivity index (χ4n) is 3.47. The standard InChI is InChI=1S/C22H19F2N3O5/c23-15-7-5-13(6-8-15)21-25-19(26-32-21)12-31-22(30)18-10-16(28)11-27(18)20(29)9-14-3-1-2-4-17(14)24/h1-8,16,18,28H,9-12H2. The highest BCUT2D eigenvalue weighted by molar-refractivity contribution is 5.86. The molecule has 8 nitrogen and oxygen atoms in total. The number of halogens is 2. The SMILES string of the molecule is O=C(OCc1noc(-c2ccc(F)cc2)n1)C1CC(O)CN1C(=O)Cc1ccccc1F. The fraction of sp³-hybridized carbons (Fsp3) is 0.273. The van der Waals surface area contributed by atoms with Gasteiger partial charge in [0.1, 0.15) is 17.7 Å². The van der Waals surface area contributed by atoms with Crippen LogP contribution in [0.5, 0.6) is 0 Å². The number of amides is 1. The van der Waals surface area contributed by atoms with Crippen LogP contribution >= 0.6 is 0 Å². The van der Waals surface area contributed by atoms with Crippen molar-refractivity contribution in [1.29, 1.82) is 0 Å². The second-order valence-electron chi connectivity index (χ2n) is 7.35. The first-order chi connectivity index (χ1) is 15.4. The maximum absolute atomic E-state index is 13.9. The molecule has 0 radical (unpaired) electrons. The van der Waals surface area contributed by atoms with Crippen molar-refractivity contribution in [3.8, 4) is 11.5 Å². The van der Waals surface area contributed by atoms with Crippen molar-refractivity contribution in [3.63, 3.8) is 0 Å². The number of rotatable bonds is 6. The number of carbonyl (C=O) groups excluding carboxylic acids is 2. The summed E-state index contributed by atoms with van der Waals surface area (Å²) < 4.78 is 37.2. The molecule has 0 bridgehead atoms. The number of nitrogens with zero attached hydrogens (tertiary/aromatic N) is 3. The zero-order chi connectivity index (χ0) is 22.7. The summed E-state index contributed by atoms with van der Waals surface area (Å²) in [4.78, 5) is 30.5. The van der Waals surface area contributed by atoms with Crippen LogP contribution in [0.4, 0.5) is 8.78 Å². The first kappa shape index (κ1) is 21.6. The molecule has 2 aromatic carbocycles. The summed E-state index contributed by atoms with van der Waals surface area (Å²) in [6.45, 7) is -0.366. The molecule has 0 aliphatic carbocycles. The highest BCUT2D eigenvalue weighted by atomic mass is 19.1. The van der Waals surface area contributed by atoms with E-state index in [1.165, 1.54) is 47.4 Å². The smallest absolute Gasteiger partial charge is 0.329 e. The number of aliphatic hydroxyl groups excluding tert-OH is 1. The van der Waals surface area contributed by atoms with Crippen molar-refractivity contribution in [1.82, 2.24) is 15.0 Å². The Morgan fingerprint density at radius 2 is 1.91 bits per heavy atom. The molecule has 2 heterocycles. The zero-order valence-corrected chi connectivity index (χ0v) is 16.8. The van der Waals surface area contributed by atoms with E-state index in [4.69, 9.17) is 9.26 Å². The molecule has 1 amide bonds. The summed E-state index contributed by atoms with van der Waals surface area (Å²) in [6.07, 6.45) is -1.13. The Hall–Kier alpha value is -3.66. The highest BCUT2D eigenvalue weighted by Crippen LogP contribution is 2.22. The minimum atomic E-state index is -1.01. The lowest BCUT2D eigenvalue weighted by Gasteiger charge is -2.23. The summed E-state index contributed by atoms with van der Waals surface area (Å²) in [6, 6.07) is 10.3. The molecule has 1 aliphatic heterocycles. The Kier molecular flexibility index (Phi) is 6.22. The number of likely N-dealkylation sites (tertiary alicyclic amines) is 1. The molecule has 0 spiro atoms. The predicted molar refractivity (Wildman–Crippen MR) is 106 cm³/mol. The number of benzene rings is 2. The maximum Gasteiger partial charge on any atom is 0.329 e. The Morgan fingerprint density at radius 1 is 1.16 bits per heavy atom. The van der Waals surface area contributed by atoms with Crippen LogP contribution in [0.25, 0.3) is 11.5 Å². The van der Waals surface area contributed by atoms with Crippen LogP contribution in [0.1, 0.15) is 17.8 Å². The monoisotopic (exact) mass is 443 g/mol. The van der Waals surface area contributed by atoms with Crippen LogP contribution < -0.4 is 0 Å². The third-order valence-corrected chi connectivity index (χ3v) is 5.07. The van der Waals surface area contributed by atoms with E-state index in [1.54, 1.807) is 6.07 Å². The van der Waals surface area contributed by atoms with Gasteiger partial charge in [0, 0.05) is 18.5 Å². The van der Waals surface area contributed by atoms with Crippen LogP contribution in [-0.4, -0.2) is 50.7 Å². The van der Waals surface area contributed by atoms with E-state index >= 15 is 0 Å². The van der Waals surface area contributed by atoms with Gasteiger partial charge in [-0.15, -0.1) is 0 Å². The minimum Gasteiger partial charge on any atom is -0.456 e. The molecule has 1 saturated heterocycles. The number of hydrogen-bond acceptors (Lipinski definition) is 7. The van der Waals surface area contributed by atoms with Crippen LogP contribution in [0.2, 0.25) is 0 Å². The number of aliphatic hydroxyl groups is 1. The lowest BCUT2D eigenvalue weighted by molar-refractivity contribution is -0.154. The van der Waals surface area contributed by atoms with Gasteiger partial charge in [0.15, 0.2) is 6.61 Å². The molecule has 2 unspecified atom stereocenters. The molecular weight excluding hydrogens is 424 g/mol. The molecule has 1 aliphatic rings. The van der Waals surface area contributed by atoms with Crippen LogP contribution in [-0.2, 0) is 27.4 Å². The quantitative estimate of drug-likeness (QED) is 0.583. The van der Waals surface area contributed by atoms with Crippen molar-refractivity contribution >= 4 is 11.9 Å². The highest BCUT2D eigenvalue weighted by Gasteiger charge is 2.40. The van der Waals surface area contributed by atoms with E-state index in [2.05, 4.69) is 10.1 Å². The maximum atomic E-state index is 13.9. The summed E-state index contributed by atoms with van der Waals surface area (Å²) in [5.41, 5.74) is 0.700. The Bertz CT molecular complexity index is 1120. The topological polar surface area (TPSA) is 106 Å². The molecule has 0 saturated carbocycles. The number of β-amino-alcohol motifs (C(OH)–C–C–N with tert-alkyl or cyclic N) is 1. The molecule has 1 fully saturated rings. The van der Waals surface area contributed by atoms with E-state index in [1.807, 2.05) is 0 Å². The van der Waals surface area contributed by atoms with Crippen LogP contribution in [0.15, 0.2) is 53.1 Å². The summed E-state index contributed by atoms with van der Waals surface area (Å²) in [5, 5.41) is 13.7. The molecule has 10 heteroatoms. The number of aromatic nitrogens is 2. The van der Waals surface area contributed by atoms with E-state index in [0.29, 0.717) is 5.56 Å². The van der Waals surface area contributed by atoms with Gasteiger partial charge in [-0.05, 0) is 35.9 Å². The first-order valence-corrected chi connectivity index (χ1v) is 9.87. The predicted octanol–water partition coefficient (Wildman–Crippen LogP) is 2.26. The Morgan fingerprint density at radius 3 is 2.66 bits per heavy atom. The molecule has 1 aromatic heterocycles. The van der Waals surface area contributed by atoms with Crippen molar-refractivity contribution < 1.29 is 32.7 Å². The van der Waals surface area contributed by atoms with Crippen molar-refractivity contribution in [2.24, 2.45) is 0 Å². The van der Waals surface area contributed by atoms with E-state index in [-0.39, 0.29) is 43.3 Å². The lowest BCUT2D eigenvalue weighted by atomic mass is 10.1. The van der Waals surface area contributed by atoms with E-state index in [9.17, 15) is 23.5 Å². The van der Waals surface area contributed by atoms with Crippen molar-refractivity contribution in [3.05, 3.63) is 71.6 Å². The number of ether oxygens (including phenoxy) is 1. The second kappa shape index (κ2) is 9.23. The van der Waals surface area contributed by atoms with Crippen molar-refractivity contribution in [2.75, 3.05) is 6.54 Å². The van der Waals surface area contributed by atoms with Gasteiger partial charge in [-0.1, -0.05) is 23.4 Å². The van der Waals surface area contributed by atoms with Crippen molar-refractivity contribution in [2.45, 2.75) is 31.6 Å². The number of carbonyl (C=O) groups is 2. The Labute approximate surface area is 181 Å². The first-order valence-electron chi connectivity index (χ1n) is 9.87. The normalized spacial score (nSPS) is 18.0. The fourth-order valence-corrected chi connectivity index (χ4v) is 3.47. The van der Waals surface area contributed by atoms with Gasteiger partial charge in [0.05, 0.1) is 12.5 Å². The summed E-state index contributed by atoms with van der Waals surface area (Å²) >= 11 is 0. The largest absolute Gasteiger partial charge is 0.456 e. The molecule has 2 atom stereocenters. The average Bonchev–Trinajstić information content (AvgIpc) is 3.41. The third kappa shape index (κ3) is 4.80. The molecule has 166 valence electrons. The van der Waals surface area contributed by atoms with E-state index < -0.39 is 35.7 Å². The molecule has 1 N–H and O–H groups in total. The number of hydrogen-bond donors (Lipinski definition) is 1. The summed E-state index contributed by atoms with van der Waals surface area (Å²) in [5.74, 6) is -1.94. The summed E-state index contributed by atoms with van der Waals surface area (Å²) in [7, 11) is 0. The van der Waals surface area contributed by atoms with Crippen LogP contribution in [0.3, 0.4) is 0 Å². The number of esters is 1. The van der Waals surface area contributed by atoms with Gasteiger partial charge in [0.25, 0.3) is 5.89 Å². The Balaban J connectivity index is 1.38. The van der Waals surface area contributed by atoms with Gasteiger partial charge in [0.2, 0.25) is 11.7 Å². The molecule has 4 rings (SSSR count). The van der Waals surface area contributed by atoms with E-state index in [0.717, 1.165) is 0 Å². The average molecular weight is 443 g/mol. The van der Waals surface area contributed by atoms with Gasteiger partial charge in [-0.2, -0.15) is 4.98 Å². The van der Waals surface area contributed by atoms with Crippen LogP contribution in [0, 0.1) is 11.6 Å².